The van der Waals surface area contributed by atoms with Crippen molar-refractivity contribution in [2.75, 3.05) is 11.4 Å². The predicted molar refractivity (Wildman–Crippen MR) is 92.2 cm³/mol. The third kappa shape index (κ3) is 4.60. The van der Waals surface area contributed by atoms with Gasteiger partial charge >= 0.3 is 0 Å². The average Bonchev–Trinajstić information content (AvgIpc) is 2.98. The number of hydrogen-bond acceptors (Lipinski definition) is 2. The van der Waals surface area contributed by atoms with Crippen LogP contribution in [0.4, 0.5) is 5.82 Å². The molecule has 0 unspecified atom stereocenters. The van der Waals surface area contributed by atoms with Gasteiger partial charge in [-0.15, -0.1) is 11.6 Å². The SMILES string of the molecule is CCCc1cc(CCl)cc(N(CC(C)C)C2CCCC2)n1. The van der Waals surface area contributed by atoms with Crippen LogP contribution in [0.1, 0.15) is 64.1 Å². The molecular formula is C18H29ClN2. The molecule has 0 saturated heterocycles. The molecule has 0 amide bonds. The minimum atomic E-state index is 0.576. The number of alkyl halides is 1. The van der Waals surface area contributed by atoms with E-state index in [1.54, 1.807) is 0 Å². The molecular weight excluding hydrogens is 280 g/mol. The maximum absolute atomic E-state index is 6.09. The summed E-state index contributed by atoms with van der Waals surface area (Å²) in [6, 6.07) is 5.04. The second-order valence-electron chi connectivity index (χ2n) is 6.69. The third-order valence-electron chi connectivity index (χ3n) is 4.21. The third-order valence-corrected chi connectivity index (χ3v) is 4.52. The molecule has 1 aliphatic rings. The molecule has 1 aromatic rings. The predicted octanol–water partition coefficient (Wildman–Crippen LogP) is 5.18. The Morgan fingerprint density at radius 1 is 1.29 bits per heavy atom. The number of rotatable bonds is 7. The molecule has 2 rings (SSSR count). The van der Waals surface area contributed by atoms with Crippen molar-refractivity contribution in [3.05, 3.63) is 23.4 Å². The molecule has 0 radical (unpaired) electrons. The molecule has 0 bridgehead atoms. The van der Waals surface area contributed by atoms with Gasteiger partial charge in [-0.05, 0) is 42.9 Å². The van der Waals surface area contributed by atoms with Crippen molar-refractivity contribution in [3.63, 3.8) is 0 Å². The lowest BCUT2D eigenvalue weighted by atomic mass is 10.1. The zero-order chi connectivity index (χ0) is 15.2. The van der Waals surface area contributed by atoms with Gasteiger partial charge in [-0.2, -0.15) is 0 Å². The Morgan fingerprint density at radius 2 is 2.00 bits per heavy atom. The lowest BCUT2D eigenvalue weighted by molar-refractivity contribution is 0.530. The number of halogens is 1. The van der Waals surface area contributed by atoms with Crippen LogP contribution in [0, 0.1) is 5.92 Å². The van der Waals surface area contributed by atoms with Crippen LogP contribution in [0.2, 0.25) is 0 Å². The molecule has 118 valence electrons. The van der Waals surface area contributed by atoms with E-state index in [0.29, 0.717) is 17.8 Å². The monoisotopic (exact) mass is 308 g/mol. The van der Waals surface area contributed by atoms with Crippen molar-refractivity contribution in [1.82, 2.24) is 4.98 Å². The average molecular weight is 309 g/mol. The van der Waals surface area contributed by atoms with Gasteiger partial charge in [0.05, 0.1) is 0 Å². The summed E-state index contributed by atoms with van der Waals surface area (Å²) in [5, 5.41) is 0. The van der Waals surface area contributed by atoms with Gasteiger partial charge < -0.3 is 4.90 Å². The normalized spacial score (nSPS) is 15.9. The van der Waals surface area contributed by atoms with Crippen LogP contribution in [0.25, 0.3) is 0 Å². The lowest BCUT2D eigenvalue weighted by Crippen LogP contribution is -2.37. The van der Waals surface area contributed by atoms with Gasteiger partial charge in [0.25, 0.3) is 0 Å². The molecule has 1 saturated carbocycles. The van der Waals surface area contributed by atoms with E-state index in [4.69, 9.17) is 16.6 Å². The van der Waals surface area contributed by atoms with Gasteiger partial charge in [-0.1, -0.05) is 40.0 Å². The summed E-state index contributed by atoms with van der Waals surface area (Å²) in [6.45, 7) is 7.88. The Morgan fingerprint density at radius 3 is 2.57 bits per heavy atom. The Hall–Kier alpha value is -0.760. The second-order valence-corrected chi connectivity index (χ2v) is 6.96. The van der Waals surface area contributed by atoms with E-state index in [0.717, 1.165) is 25.2 Å². The van der Waals surface area contributed by atoms with E-state index in [1.165, 1.54) is 36.9 Å². The Labute approximate surface area is 134 Å². The van der Waals surface area contributed by atoms with Gasteiger partial charge in [0.15, 0.2) is 0 Å². The molecule has 1 fully saturated rings. The first-order chi connectivity index (χ1) is 10.1. The molecule has 3 heteroatoms. The summed E-state index contributed by atoms with van der Waals surface area (Å²) in [5.41, 5.74) is 2.40. The molecule has 1 aromatic heterocycles. The van der Waals surface area contributed by atoms with Crippen LogP contribution in [-0.4, -0.2) is 17.6 Å². The van der Waals surface area contributed by atoms with Crippen LogP contribution in [-0.2, 0) is 12.3 Å². The summed E-state index contributed by atoms with van der Waals surface area (Å²) in [5.74, 6) is 2.38. The van der Waals surface area contributed by atoms with Gasteiger partial charge in [0, 0.05) is 24.2 Å². The van der Waals surface area contributed by atoms with E-state index < -0.39 is 0 Å². The van der Waals surface area contributed by atoms with Crippen molar-refractivity contribution in [3.8, 4) is 0 Å². The van der Waals surface area contributed by atoms with E-state index in [9.17, 15) is 0 Å². The minimum absolute atomic E-state index is 0.576. The van der Waals surface area contributed by atoms with Crippen LogP contribution in [0.5, 0.6) is 0 Å². The molecule has 0 aliphatic heterocycles. The number of aromatic nitrogens is 1. The van der Waals surface area contributed by atoms with Crippen molar-refractivity contribution < 1.29 is 0 Å². The van der Waals surface area contributed by atoms with Crippen LogP contribution >= 0.6 is 11.6 Å². The summed E-state index contributed by atoms with van der Waals surface area (Å²) in [7, 11) is 0. The fourth-order valence-corrected chi connectivity index (χ4v) is 3.43. The van der Waals surface area contributed by atoms with Crippen molar-refractivity contribution in [1.29, 1.82) is 0 Å². The van der Waals surface area contributed by atoms with E-state index in [-0.39, 0.29) is 0 Å². The second kappa shape index (κ2) is 8.03. The highest BCUT2D eigenvalue weighted by atomic mass is 35.5. The molecule has 2 nitrogen and oxygen atoms in total. The largest absolute Gasteiger partial charge is 0.353 e. The van der Waals surface area contributed by atoms with Crippen molar-refractivity contribution in [2.24, 2.45) is 5.92 Å². The van der Waals surface area contributed by atoms with E-state index in [2.05, 4.69) is 37.8 Å². The number of nitrogens with zero attached hydrogens (tertiary/aromatic N) is 2. The highest BCUT2D eigenvalue weighted by Gasteiger charge is 2.24. The Kier molecular flexibility index (Phi) is 6.35. The maximum Gasteiger partial charge on any atom is 0.129 e. The Balaban J connectivity index is 2.30. The van der Waals surface area contributed by atoms with Crippen molar-refractivity contribution in [2.45, 2.75) is 71.2 Å². The fourth-order valence-electron chi connectivity index (χ4n) is 3.28. The van der Waals surface area contributed by atoms with Crippen molar-refractivity contribution >= 4 is 17.4 Å². The van der Waals surface area contributed by atoms with Gasteiger partial charge in [0.1, 0.15) is 5.82 Å². The molecule has 0 aromatic carbocycles. The highest BCUT2D eigenvalue weighted by Crippen LogP contribution is 2.29. The molecule has 0 atom stereocenters. The van der Waals surface area contributed by atoms with Gasteiger partial charge in [0.2, 0.25) is 0 Å². The fraction of sp³-hybridized carbons (Fsp3) is 0.722. The first kappa shape index (κ1) is 16.6. The summed E-state index contributed by atoms with van der Waals surface area (Å²) < 4.78 is 0. The minimum Gasteiger partial charge on any atom is -0.353 e. The Bertz CT molecular complexity index is 439. The first-order valence-electron chi connectivity index (χ1n) is 8.46. The zero-order valence-electron chi connectivity index (χ0n) is 13.7. The first-order valence-corrected chi connectivity index (χ1v) is 9.00. The smallest absolute Gasteiger partial charge is 0.129 e. The van der Waals surface area contributed by atoms with Crippen LogP contribution in [0.3, 0.4) is 0 Å². The molecule has 1 heterocycles. The van der Waals surface area contributed by atoms with Crippen LogP contribution in [0.15, 0.2) is 12.1 Å². The topological polar surface area (TPSA) is 16.1 Å². The number of aryl methyl sites for hydroxylation is 1. The van der Waals surface area contributed by atoms with Gasteiger partial charge in [-0.3, -0.25) is 0 Å². The molecule has 0 N–H and O–H groups in total. The summed E-state index contributed by atoms with van der Waals surface area (Å²) >= 11 is 6.09. The van der Waals surface area contributed by atoms with Gasteiger partial charge in [-0.25, -0.2) is 4.98 Å². The van der Waals surface area contributed by atoms with E-state index in [1.807, 2.05) is 0 Å². The number of hydrogen-bond donors (Lipinski definition) is 0. The lowest BCUT2D eigenvalue weighted by Gasteiger charge is -2.32. The molecule has 21 heavy (non-hydrogen) atoms. The summed E-state index contributed by atoms with van der Waals surface area (Å²) in [4.78, 5) is 7.48. The zero-order valence-corrected chi connectivity index (χ0v) is 14.5. The number of pyridine rings is 1. The van der Waals surface area contributed by atoms with Crippen LogP contribution < -0.4 is 4.90 Å². The molecule has 1 aliphatic carbocycles. The quantitative estimate of drug-likeness (QED) is 0.645. The maximum atomic E-state index is 6.09. The summed E-state index contributed by atoms with van der Waals surface area (Å²) in [6.07, 6.45) is 7.50. The highest BCUT2D eigenvalue weighted by molar-refractivity contribution is 6.17. The standard InChI is InChI=1S/C18H29ClN2/c1-4-7-16-10-15(12-19)11-18(20-16)21(13-14(2)3)17-8-5-6-9-17/h10-11,14,17H,4-9,12-13H2,1-3H3. The number of anilines is 1. The molecule has 0 spiro atoms. The van der Waals surface area contributed by atoms with E-state index >= 15 is 0 Å².